The van der Waals surface area contributed by atoms with E-state index in [9.17, 15) is 13.2 Å². The molecule has 1 aromatic rings. The summed E-state index contributed by atoms with van der Waals surface area (Å²) in [4.78, 5) is 1.56. The molecule has 0 atom stereocenters. The molecule has 1 fully saturated rings. The molecule has 0 aliphatic carbocycles. The molecule has 0 saturated carbocycles. The van der Waals surface area contributed by atoms with E-state index < -0.39 is 27.5 Å². The van der Waals surface area contributed by atoms with Crippen molar-refractivity contribution >= 4 is 28.9 Å². The number of benzene rings is 1. The van der Waals surface area contributed by atoms with E-state index in [0.717, 1.165) is 19.3 Å². The van der Waals surface area contributed by atoms with Crippen molar-refractivity contribution in [1.82, 2.24) is 0 Å². The van der Waals surface area contributed by atoms with E-state index in [1.807, 2.05) is 0 Å². The predicted molar refractivity (Wildman–Crippen MR) is 62.4 cm³/mol. The molecule has 17 heavy (non-hydrogen) atoms. The highest BCUT2D eigenvalue weighted by Crippen LogP contribution is 2.38. The summed E-state index contributed by atoms with van der Waals surface area (Å²) in [7, 11) is 0. The van der Waals surface area contributed by atoms with Crippen molar-refractivity contribution in [3.8, 4) is 0 Å². The van der Waals surface area contributed by atoms with E-state index >= 15 is 0 Å². The number of piperidine rings is 1. The highest BCUT2D eigenvalue weighted by Gasteiger charge is 2.27. The van der Waals surface area contributed by atoms with Crippen LogP contribution < -0.4 is 4.90 Å². The second kappa shape index (κ2) is 4.94. The average Bonchev–Trinajstić information content (AvgIpc) is 2.36. The maximum Gasteiger partial charge on any atom is 0.185 e. The number of nitrogens with zero attached hydrogens (tertiary/aromatic N) is 1. The third-order valence-corrected chi connectivity index (χ3v) is 3.54. The number of hydrogen-bond donors (Lipinski definition) is 0. The molecule has 0 amide bonds. The van der Waals surface area contributed by atoms with Gasteiger partial charge in [-0.05, 0) is 19.3 Å². The Bertz CT molecular complexity index is 416. The SMILES string of the molecule is Fc1c(F)c(N2CCCCC2)c(Cl)c(F)c1Cl. The summed E-state index contributed by atoms with van der Waals surface area (Å²) in [6.07, 6.45) is 2.72. The minimum Gasteiger partial charge on any atom is -0.368 e. The zero-order valence-corrected chi connectivity index (χ0v) is 10.4. The molecule has 1 aromatic carbocycles. The normalized spacial score (nSPS) is 16.4. The Hall–Kier alpha value is -0.610. The second-order valence-corrected chi connectivity index (χ2v) is 4.72. The van der Waals surface area contributed by atoms with E-state index in [-0.39, 0.29) is 5.69 Å². The Balaban J connectivity index is 2.52. The Morgan fingerprint density at radius 2 is 1.35 bits per heavy atom. The standard InChI is InChI=1S/C11H10Cl2F3N/c12-6-8(14)7(13)11(10(16)9(6)15)17-4-2-1-3-5-17/h1-5H2. The quantitative estimate of drug-likeness (QED) is 0.545. The molecule has 6 heteroatoms. The largest absolute Gasteiger partial charge is 0.368 e. The van der Waals surface area contributed by atoms with Crippen molar-refractivity contribution < 1.29 is 13.2 Å². The van der Waals surface area contributed by atoms with Crippen molar-refractivity contribution in [2.75, 3.05) is 18.0 Å². The lowest BCUT2D eigenvalue weighted by atomic mass is 10.1. The van der Waals surface area contributed by atoms with Crippen molar-refractivity contribution in [1.29, 1.82) is 0 Å². The first-order valence-corrected chi connectivity index (χ1v) is 6.06. The van der Waals surface area contributed by atoms with Crippen LogP contribution in [0.4, 0.5) is 18.9 Å². The van der Waals surface area contributed by atoms with Gasteiger partial charge in [0.2, 0.25) is 0 Å². The number of anilines is 1. The molecule has 0 unspecified atom stereocenters. The van der Waals surface area contributed by atoms with Gasteiger partial charge in [-0.15, -0.1) is 0 Å². The molecule has 0 aromatic heterocycles. The summed E-state index contributed by atoms with van der Waals surface area (Å²) < 4.78 is 40.6. The van der Waals surface area contributed by atoms with Crippen molar-refractivity contribution in [2.45, 2.75) is 19.3 Å². The molecular weight excluding hydrogens is 274 g/mol. The highest BCUT2D eigenvalue weighted by molar-refractivity contribution is 6.36. The summed E-state index contributed by atoms with van der Waals surface area (Å²) in [6, 6.07) is 0. The Kier molecular flexibility index (Phi) is 3.73. The van der Waals surface area contributed by atoms with Gasteiger partial charge < -0.3 is 4.90 Å². The van der Waals surface area contributed by atoms with Crippen molar-refractivity contribution in [3.05, 3.63) is 27.5 Å². The van der Waals surface area contributed by atoms with Crippen LogP contribution in [-0.4, -0.2) is 13.1 Å². The third kappa shape index (κ3) is 2.20. The van der Waals surface area contributed by atoms with Crippen molar-refractivity contribution in [2.24, 2.45) is 0 Å². The van der Waals surface area contributed by atoms with Gasteiger partial charge in [-0.25, -0.2) is 13.2 Å². The first-order chi connectivity index (χ1) is 8.04. The van der Waals surface area contributed by atoms with Gasteiger partial charge in [0.1, 0.15) is 10.0 Å². The molecule has 0 N–H and O–H groups in total. The zero-order valence-electron chi connectivity index (χ0n) is 8.87. The summed E-state index contributed by atoms with van der Waals surface area (Å²) in [5, 5.41) is -1.34. The lowest BCUT2D eigenvalue weighted by Crippen LogP contribution is -2.31. The molecule has 1 aliphatic rings. The summed E-state index contributed by atoms with van der Waals surface area (Å²) in [5.74, 6) is -3.66. The van der Waals surface area contributed by atoms with Gasteiger partial charge in [0, 0.05) is 13.1 Å². The summed E-state index contributed by atoms with van der Waals surface area (Å²) in [5.41, 5.74) is -0.217. The minimum absolute atomic E-state index is 0.217. The first-order valence-electron chi connectivity index (χ1n) is 5.30. The summed E-state index contributed by atoms with van der Waals surface area (Å²) in [6.45, 7) is 1.08. The molecule has 0 spiro atoms. The van der Waals surface area contributed by atoms with Gasteiger partial charge in [-0.1, -0.05) is 23.2 Å². The number of halogens is 5. The monoisotopic (exact) mass is 283 g/mol. The molecule has 0 bridgehead atoms. The average molecular weight is 284 g/mol. The van der Waals surface area contributed by atoms with Crippen LogP contribution >= 0.6 is 23.2 Å². The Labute approximate surface area is 107 Å². The molecular formula is C11H10Cl2F3N. The Morgan fingerprint density at radius 3 is 1.94 bits per heavy atom. The number of rotatable bonds is 1. The van der Waals surface area contributed by atoms with E-state index in [2.05, 4.69) is 0 Å². The van der Waals surface area contributed by atoms with Crippen LogP contribution in [0.3, 0.4) is 0 Å². The molecule has 1 saturated heterocycles. The van der Waals surface area contributed by atoms with E-state index in [4.69, 9.17) is 23.2 Å². The van der Waals surface area contributed by atoms with Gasteiger partial charge in [0.05, 0.1) is 5.69 Å². The molecule has 1 nitrogen and oxygen atoms in total. The Morgan fingerprint density at radius 1 is 0.765 bits per heavy atom. The summed E-state index contributed by atoms with van der Waals surface area (Å²) >= 11 is 11.0. The lowest BCUT2D eigenvalue weighted by molar-refractivity contribution is 0.485. The zero-order chi connectivity index (χ0) is 12.6. The molecule has 94 valence electrons. The lowest BCUT2D eigenvalue weighted by Gasteiger charge is -2.30. The molecule has 2 rings (SSSR count). The fraction of sp³-hybridized carbons (Fsp3) is 0.455. The van der Waals surface area contributed by atoms with Gasteiger partial charge in [-0.3, -0.25) is 0 Å². The van der Waals surface area contributed by atoms with Gasteiger partial charge >= 0.3 is 0 Å². The number of hydrogen-bond acceptors (Lipinski definition) is 1. The maximum atomic E-state index is 13.7. The second-order valence-electron chi connectivity index (χ2n) is 3.97. The smallest absolute Gasteiger partial charge is 0.185 e. The van der Waals surface area contributed by atoms with Crippen LogP contribution in [0, 0.1) is 17.5 Å². The van der Waals surface area contributed by atoms with Crippen molar-refractivity contribution in [3.63, 3.8) is 0 Å². The van der Waals surface area contributed by atoms with Crippen LogP contribution in [0.5, 0.6) is 0 Å². The van der Waals surface area contributed by atoms with Gasteiger partial charge in [-0.2, -0.15) is 0 Å². The highest BCUT2D eigenvalue weighted by atomic mass is 35.5. The first kappa shape index (κ1) is 12.8. The topological polar surface area (TPSA) is 3.24 Å². The molecule has 1 heterocycles. The van der Waals surface area contributed by atoms with E-state index in [1.54, 1.807) is 4.90 Å². The van der Waals surface area contributed by atoms with Crippen LogP contribution in [0.15, 0.2) is 0 Å². The minimum atomic E-state index is -1.38. The fourth-order valence-corrected chi connectivity index (χ4v) is 2.51. The van der Waals surface area contributed by atoms with Crippen LogP contribution in [0.1, 0.15) is 19.3 Å². The van der Waals surface area contributed by atoms with Crippen LogP contribution in [0.25, 0.3) is 0 Å². The van der Waals surface area contributed by atoms with Crippen LogP contribution in [-0.2, 0) is 0 Å². The van der Waals surface area contributed by atoms with Crippen LogP contribution in [0.2, 0.25) is 10.0 Å². The molecule has 1 aliphatic heterocycles. The molecule has 0 radical (unpaired) electrons. The fourth-order valence-electron chi connectivity index (χ4n) is 1.99. The predicted octanol–water partition coefficient (Wildman–Crippen LogP) is 4.40. The van der Waals surface area contributed by atoms with E-state index in [1.165, 1.54) is 0 Å². The van der Waals surface area contributed by atoms with E-state index in [0.29, 0.717) is 13.1 Å². The maximum absolute atomic E-state index is 13.7. The van der Waals surface area contributed by atoms with Gasteiger partial charge in [0.15, 0.2) is 17.5 Å². The van der Waals surface area contributed by atoms with Gasteiger partial charge in [0.25, 0.3) is 0 Å². The third-order valence-electron chi connectivity index (χ3n) is 2.86.